The molecular formula is C30H30Cl2O2P2. The molecule has 6 heteroatoms. The highest BCUT2D eigenvalue weighted by Gasteiger charge is 2.08. The molecule has 2 unspecified atom stereocenters. The molecule has 0 spiro atoms. The van der Waals surface area contributed by atoms with Gasteiger partial charge in [0.25, 0.3) is 0 Å². The third-order valence-corrected chi connectivity index (χ3v) is 9.71. The van der Waals surface area contributed by atoms with Crippen molar-refractivity contribution in [2.75, 3.05) is 26.5 Å². The zero-order valence-electron chi connectivity index (χ0n) is 20.5. The Morgan fingerprint density at radius 1 is 0.556 bits per heavy atom. The third kappa shape index (κ3) is 7.71. The number of benzene rings is 4. The van der Waals surface area contributed by atoms with Gasteiger partial charge in [-0.15, -0.1) is 0 Å². The van der Waals surface area contributed by atoms with Gasteiger partial charge in [0.1, 0.15) is 11.5 Å². The van der Waals surface area contributed by atoms with E-state index in [1.807, 2.05) is 36.4 Å². The molecule has 0 aliphatic carbocycles. The summed E-state index contributed by atoms with van der Waals surface area (Å²) >= 11 is 12.7. The zero-order chi connectivity index (χ0) is 25.3. The quantitative estimate of drug-likeness (QED) is 0.141. The molecule has 4 aromatic carbocycles. The summed E-state index contributed by atoms with van der Waals surface area (Å²) in [5, 5.41) is 4.38. The van der Waals surface area contributed by atoms with Gasteiger partial charge in [-0.3, -0.25) is 0 Å². The molecule has 0 heterocycles. The van der Waals surface area contributed by atoms with E-state index in [2.05, 4.69) is 48.5 Å². The molecule has 0 aromatic heterocycles. The maximum absolute atomic E-state index is 6.35. The summed E-state index contributed by atoms with van der Waals surface area (Å²) in [5.74, 6) is 1.75. The van der Waals surface area contributed by atoms with Crippen molar-refractivity contribution in [1.82, 2.24) is 0 Å². The monoisotopic (exact) mass is 554 g/mol. The van der Waals surface area contributed by atoms with Gasteiger partial charge in [-0.05, 0) is 107 Å². The van der Waals surface area contributed by atoms with Crippen LogP contribution in [0.1, 0.15) is 22.3 Å². The maximum atomic E-state index is 6.35. The first-order valence-corrected chi connectivity index (χ1v) is 15.0. The van der Waals surface area contributed by atoms with E-state index in [-0.39, 0.29) is 0 Å². The lowest BCUT2D eigenvalue weighted by Crippen LogP contribution is -2.08. The van der Waals surface area contributed by atoms with E-state index in [4.69, 9.17) is 32.7 Å². The number of ether oxygens (including phenoxy) is 2. The summed E-state index contributed by atoms with van der Waals surface area (Å²) in [7, 11) is 4.89. The van der Waals surface area contributed by atoms with Crippen LogP contribution in [0.5, 0.6) is 11.5 Å². The van der Waals surface area contributed by atoms with Crippen molar-refractivity contribution < 1.29 is 9.47 Å². The van der Waals surface area contributed by atoms with E-state index in [1.54, 1.807) is 14.2 Å². The first-order valence-electron chi connectivity index (χ1n) is 11.8. The lowest BCUT2D eigenvalue weighted by atomic mass is 10.0. The second-order valence-electron chi connectivity index (χ2n) is 8.51. The number of methoxy groups -OCH3 is 2. The smallest absolute Gasteiger partial charge is 0.118 e. The van der Waals surface area contributed by atoms with Gasteiger partial charge in [0.2, 0.25) is 0 Å². The Balaban J connectivity index is 1.38. The molecular weight excluding hydrogens is 525 g/mol. The number of halogens is 2. The molecule has 4 rings (SSSR count). The van der Waals surface area contributed by atoms with Crippen LogP contribution in [0.3, 0.4) is 0 Å². The van der Waals surface area contributed by atoms with Crippen LogP contribution >= 0.6 is 40.4 Å². The van der Waals surface area contributed by atoms with E-state index in [9.17, 15) is 0 Å². The van der Waals surface area contributed by atoms with E-state index >= 15 is 0 Å². The molecule has 0 aliphatic rings. The average Bonchev–Trinajstić information content (AvgIpc) is 2.89. The van der Waals surface area contributed by atoms with Crippen molar-refractivity contribution in [3.05, 3.63) is 117 Å². The van der Waals surface area contributed by atoms with Crippen molar-refractivity contribution in [2.24, 2.45) is 0 Å². The minimum absolute atomic E-state index is 0.751. The summed E-state index contributed by atoms with van der Waals surface area (Å²) in [6, 6.07) is 29.2. The Labute approximate surface area is 227 Å². The molecule has 0 saturated carbocycles. The topological polar surface area (TPSA) is 18.5 Å². The van der Waals surface area contributed by atoms with Crippen LogP contribution in [0.4, 0.5) is 0 Å². The number of hydrogen-bond acceptors (Lipinski definition) is 2. The van der Waals surface area contributed by atoms with Crippen molar-refractivity contribution >= 4 is 51.0 Å². The van der Waals surface area contributed by atoms with Crippen molar-refractivity contribution in [2.45, 2.75) is 12.8 Å². The van der Waals surface area contributed by atoms with Gasteiger partial charge in [0.05, 0.1) is 14.2 Å². The van der Waals surface area contributed by atoms with Gasteiger partial charge < -0.3 is 9.47 Å². The Bertz CT molecular complexity index is 1170. The molecule has 186 valence electrons. The van der Waals surface area contributed by atoms with Crippen LogP contribution in [0.2, 0.25) is 10.0 Å². The Hall–Kier alpha value is -2.08. The molecule has 36 heavy (non-hydrogen) atoms. The first-order chi connectivity index (χ1) is 17.5. The summed E-state index contributed by atoms with van der Waals surface area (Å²) in [6.07, 6.45) is 4.05. The molecule has 2 nitrogen and oxygen atoms in total. The number of hydrogen-bond donors (Lipinski definition) is 0. The van der Waals surface area contributed by atoms with Crippen LogP contribution in [-0.4, -0.2) is 26.5 Å². The van der Waals surface area contributed by atoms with E-state index < -0.39 is 0 Å². The lowest BCUT2D eigenvalue weighted by molar-refractivity contribution is 0.414. The summed E-state index contributed by atoms with van der Waals surface area (Å²) in [4.78, 5) is 0. The van der Waals surface area contributed by atoms with Crippen molar-refractivity contribution in [1.29, 1.82) is 0 Å². The zero-order valence-corrected chi connectivity index (χ0v) is 24.0. The van der Waals surface area contributed by atoms with Gasteiger partial charge in [0, 0.05) is 10.0 Å². The third-order valence-electron chi connectivity index (χ3n) is 6.00. The van der Waals surface area contributed by atoms with Crippen molar-refractivity contribution in [3.63, 3.8) is 0 Å². The molecule has 0 saturated heterocycles. The Kier molecular flexibility index (Phi) is 10.1. The van der Waals surface area contributed by atoms with Crippen LogP contribution in [0.15, 0.2) is 84.9 Å². The van der Waals surface area contributed by atoms with Crippen LogP contribution in [0.25, 0.3) is 0 Å². The maximum Gasteiger partial charge on any atom is 0.118 e. The largest absolute Gasteiger partial charge is 0.497 e. The fraction of sp³-hybridized carbons (Fsp3) is 0.200. The molecule has 0 radical (unpaired) electrons. The van der Waals surface area contributed by atoms with Gasteiger partial charge in [-0.25, -0.2) is 0 Å². The minimum atomic E-state index is 0.751. The molecule has 0 fully saturated rings. The second kappa shape index (κ2) is 13.5. The van der Waals surface area contributed by atoms with Crippen LogP contribution < -0.4 is 20.1 Å². The Morgan fingerprint density at radius 2 is 0.944 bits per heavy atom. The standard InChI is InChI=1S/C30H30Cl2O2P2/c1-33-27-9-3-21(4-10-27)17-23-19-25(31)7-13-29(23)35-15-16-36-30-14-8-26(32)20-24(30)18-22-5-11-28(34-2)12-6-22/h3-14,19-20,35-36H,15-18H2,1-2H3. The van der Waals surface area contributed by atoms with Gasteiger partial charge in [-0.2, -0.15) is 0 Å². The summed E-state index contributed by atoms with van der Waals surface area (Å²) < 4.78 is 10.6. The lowest BCUT2D eigenvalue weighted by Gasteiger charge is -2.13. The van der Waals surface area contributed by atoms with E-state index in [0.717, 1.165) is 63.9 Å². The van der Waals surface area contributed by atoms with Crippen LogP contribution in [-0.2, 0) is 12.8 Å². The van der Waals surface area contributed by atoms with Gasteiger partial charge >= 0.3 is 0 Å². The van der Waals surface area contributed by atoms with Gasteiger partial charge in [-0.1, -0.05) is 76.8 Å². The summed E-state index contributed by atoms with van der Waals surface area (Å²) in [6.45, 7) is 0. The van der Waals surface area contributed by atoms with E-state index in [1.165, 1.54) is 32.9 Å². The van der Waals surface area contributed by atoms with E-state index in [0.29, 0.717) is 0 Å². The molecule has 0 aliphatic heterocycles. The predicted molar refractivity (Wildman–Crippen MR) is 160 cm³/mol. The minimum Gasteiger partial charge on any atom is -0.497 e. The van der Waals surface area contributed by atoms with Crippen molar-refractivity contribution in [3.8, 4) is 11.5 Å². The predicted octanol–water partition coefficient (Wildman–Crippen LogP) is 7.50. The fourth-order valence-corrected chi connectivity index (χ4v) is 7.19. The SMILES string of the molecule is COc1ccc(Cc2cc(Cl)ccc2PCCPc2ccc(Cl)cc2Cc2ccc(OC)cc2)cc1. The van der Waals surface area contributed by atoms with Crippen LogP contribution in [0, 0.1) is 0 Å². The average molecular weight is 555 g/mol. The second-order valence-corrected chi connectivity index (χ2v) is 12.2. The number of rotatable bonds is 11. The molecule has 2 atom stereocenters. The summed E-state index contributed by atoms with van der Waals surface area (Å²) in [5.41, 5.74) is 5.13. The molecule has 0 amide bonds. The Morgan fingerprint density at radius 3 is 1.31 bits per heavy atom. The molecule has 4 aromatic rings. The van der Waals surface area contributed by atoms with Gasteiger partial charge in [0.15, 0.2) is 0 Å². The normalized spacial score (nSPS) is 11.6. The molecule has 0 N–H and O–H groups in total. The highest BCUT2D eigenvalue weighted by Crippen LogP contribution is 2.26. The highest BCUT2D eigenvalue weighted by molar-refractivity contribution is 7.51. The fourth-order valence-electron chi connectivity index (χ4n) is 4.08. The first kappa shape index (κ1) is 27.0. The highest BCUT2D eigenvalue weighted by atomic mass is 35.5. The molecule has 0 bridgehead atoms.